The molecule has 0 radical (unpaired) electrons. The first-order chi connectivity index (χ1) is 11.3. The van der Waals surface area contributed by atoms with Crippen molar-refractivity contribution in [2.75, 3.05) is 18.2 Å². The highest BCUT2D eigenvalue weighted by molar-refractivity contribution is 8.00. The van der Waals surface area contributed by atoms with Gasteiger partial charge >= 0.3 is 5.97 Å². The van der Waals surface area contributed by atoms with Crippen molar-refractivity contribution in [2.24, 2.45) is 10.6 Å². The molecule has 11 heteroatoms. The Bertz CT molecular complexity index is 654. The number of carbonyl (C=O) groups excluding carboxylic acids is 2. The lowest BCUT2D eigenvalue weighted by atomic mass is 9.87. The predicted molar refractivity (Wildman–Crippen MR) is 86.3 cm³/mol. The fourth-order valence-electron chi connectivity index (χ4n) is 2.43. The first-order valence-corrected chi connectivity index (χ1v) is 8.31. The number of alkyl halides is 1. The average molecular weight is 376 g/mol. The van der Waals surface area contributed by atoms with Gasteiger partial charge in [0.2, 0.25) is 11.6 Å². The van der Waals surface area contributed by atoms with Crippen LogP contribution >= 0.6 is 23.4 Å². The maximum absolute atomic E-state index is 12.2. The molecule has 9 nitrogen and oxygen atoms in total. The van der Waals surface area contributed by atoms with E-state index in [0.29, 0.717) is 0 Å². The van der Waals surface area contributed by atoms with Crippen LogP contribution in [0, 0.1) is 10.3 Å². The van der Waals surface area contributed by atoms with Crippen LogP contribution in [0.3, 0.4) is 0 Å². The summed E-state index contributed by atoms with van der Waals surface area (Å²) in [6, 6.07) is -0.931. The summed E-state index contributed by atoms with van der Waals surface area (Å²) in [4.78, 5) is 47.4. The van der Waals surface area contributed by atoms with E-state index in [1.807, 2.05) is 0 Å². The van der Waals surface area contributed by atoms with Crippen molar-refractivity contribution in [3.8, 4) is 0 Å². The highest BCUT2D eigenvalue weighted by Crippen LogP contribution is 2.42. The first kappa shape index (κ1) is 18.3. The number of carboxylic acids is 1. The van der Waals surface area contributed by atoms with Gasteiger partial charge in [-0.15, -0.1) is 34.8 Å². The van der Waals surface area contributed by atoms with E-state index in [1.54, 1.807) is 0 Å². The van der Waals surface area contributed by atoms with Crippen molar-refractivity contribution in [1.82, 2.24) is 10.2 Å². The molecule has 0 spiro atoms. The van der Waals surface area contributed by atoms with Crippen LogP contribution < -0.4 is 5.32 Å². The number of thioether (sulfide) groups is 1. The summed E-state index contributed by atoms with van der Waals surface area (Å²) >= 11 is 6.52. The zero-order valence-corrected chi connectivity index (χ0v) is 13.8. The number of nitrogens with one attached hydrogen (secondary N) is 1. The van der Waals surface area contributed by atoms with E-state index in [-0.39, 0.29) is 12.3 Å². The Kier molecular flexibility index (Phi) is 5.19. The van der Waals surface area contributed by atoms with Gasteiger partial charge in [0.1, 0.15) is 22.6 Å². The zero-order chi connectivity index (χ0) is 18.1. The third-order valence-electron chi connectivity index (χ3n) is 3.92. The molecule has 2 amide bonds. The largest absolute Gasteiger partial charge is 0.508 e. The van der Waals surface area contributed by atoms with Gasteiger partial charge in [0.15, 0.2) is 0 Å². The number of β-lactam (4-membered cyclic amide) rings is 1. The molecular weight excluding hydrogens is 362 g/mol. The maximum Gasteiger partial charge on any atom is 0.316 e. The molecule has 3 N–H and O–H groups in total. The molecule has 0 aromatic carbocycles. The van der Waals surface area contributed by atoms with Crippen LogP contribution in [0.25, 0.3) is 0 Å². The van der Waals surface area contributed by atoms with Crippen LogP contribution in [0.2, 0.25) is 0 Å². The molecule has 0 aromatic heterocycles. The lowest BCUT2D eigenvalue weighted by molar-refractivity contribution is -0.156. The number of aliphatic hydroxyl groups excluding tert-OH is 1. The number of aliphatic carboxylic acids is 1. The monoisotopic (exact) mass is 375 g/mol. The molecule has 3 atom stereocenters. The average Bonchev–Trinajstić information content (AvgIpc) is 2.58. The van der Waals surface area contributed by atoms with Crippen LogP contribution in [-0.2, 0) is 14.4 Å². The van der Waals surface area contributed by atoms with E-state index in [2.05, 4.69) is 17.1 Å². The first-order valence-electron chi connectivity index (χ1n) is 6.72. The molecule has 130 valence electrons. The normalized spacial score (nSPS) is 29.7. The Morgan fingerprint density at radius 1 is 1.54 bits per heavy atom. The van der Waals surface area contributed by atoms with Gasteiger partial charge in [-0.3, -0.25) is 14.4 Å². The van der Waals surface area contributed by atoms with Crippen LogP contribution in [0.15, 0.2) is 29.3 Å². The van der Waals surface area contributed by atoms with E-state index in [0.717, 1.165) is 0 Å². The van der Waals surface area contributed by atoms with Gasteiger partial charge in [-0.05, 0) is 5.18 Å². The number of hydrogen-bond donors (Lipinski definition) is 3. The van der Waals surface area contributed by atoms with Crippen molar-refractivity contribution in [2.45, 2.75) is 11.4 Å². The van der Waals surface area contributed by atoms with Gasteiger partial charge in [0.05, 0.1) is 5.88 Å². The van der Waals surface area contributed by atoms with Gasteiger partial charge in [-0.2, -0.15) is 0 Å². The van der Waals surface area contributed by atoms with Gasteiger partial charge in [-0.25, -0.2) is 0 Å². The molecule has 2 rings (SSSR count). The van der Waals surface area contributed by atoms with Crippen LogP contribution in [-0.4, -0.2) is 62.5 Å². The Morgan fingerprint density at radius 2 is 2.21 bits per heavy atom. The minimum atomic E-state index is -1.24. The lowest BCUT2D eigenvalue weighted by Crippen LogP contribution is -2.73. The number of allylic oxidation sites excluding steroid dienone is 1. The Balaban J connectivity index is 2.10. The van der Waals surface area contributed by atoms with E-state index in [1.165, 1.54) is 22.7 Å². The van der Waals surface area contributed by atoms with Gasteiger partial charge in [0, 0.05) is 12.3 Å². The fourth-order valence-corrected chi connectivity index (χ4v) is 4.10. The van der Waals surface area contributed by atoms with Crippen LogP contribution in [0.1, 0.15) is 0 Å². The molecule has 0 aliphatic carbocycles. The number of aliphatic hydroxyl groups is 1. The Hall–Kier alpha value is -2.07. The minimum Gasteiger partial charge on any atom is -0.508 e. The highest BCUT2D eigenvalue weighted by atomic mass is 35.5. The number of carboxylic acid groups (broad SMARTS) is 1. The summed E-state index contributed by atoms with van der Waals surface area (Å²) in [5, 5.41) is 23.0. The number of nitroso groups, excluding NO2 is 1. The summed E-state index contributed by atoms with van der Waals surface area (Å²) in [6.45, 7) is 3.48. The molecule has 2 saturated heterocycles. The van der Waals surface area contributed by atoms with Crippen LogP contribution in [0.4, 0.5) is 0 Å². The quantitative estimate of drug-likeness (QED) is 0.153. The summed E-state index contributed by atoms with van der Waals surface area (Å²) < 4.78 is 0. The molecule has 2 aliphatic heterocycles. The second-order valence-electron chi connectivity index (χ2n) is 5.30. The van der Waals surface area contributed by atoms with Crippen molar-refractivity contribution in [3.05, 3.63) is 29.0 Å². The van der Waals surface area contributed by atoms with Crippen molar-refractivity contribution >= 4 is 41.1 Å². The number of hydrogen-bond acceptors (Lipinski definition) is 7. The van der Waals surface area contributed by atoms with E-state index in [9.17, 15) is 29.5 Å². The molecule has 2 unspecified atom stereocenters. The fraction of sp³-hybridized carbons (Fsp3) is 0.462. The SMILES string of the molecule is C=CC1(C(=O)O)CS[C@@H]2C(NC(=O)C(N=O)=C(O)CCl)C(=O)N2C1. The number of rotatable bonds is 6. The smallest absolute Gasteiger partial charge is 0.316 e. The summed E-state index contributed by atoms with van der Waals surface area (Å²) in [6.07, 6.45) is 1.30. The molecule has 2 aliphatic rings. The molecule has 2 heterocycles. The lowest BCUT2D eigenvalue weighted by Gasteiger charge is -2.53. The summed E-state index contributed by atoms with van der Waals surface area (Å²) in [5.41, 5.74) is -2.03. The topological polar surface area (TPSA) is 136 Å². The molecular formula is C13H14ClN3O6S. The zero-order valence-electron chi connectivity index (χ0n) is 12.3. The number of halogens is 1. The Morgan fingerprint density at radius 3 is 2.71 bits per heavy atom. The van der Waals surface area contributed by atoms with Gasteiger partial charge in [-0.1, -0.05) is 6.08 Å². The minimum absolute atomic E-state index is 0.0454. The van der Waals surface area contributed by atoms with E-state index < -0.39 is 52.0 Å². The molecule has 2 fully saturated rings. The van der Waals surface area contributed by atoms with Gasteiger partial charge < -0.3 is 20.4 Å². The van der Waals surface area contributed by atoms with Crippen molar-refractivity contribution in [3.63, 3.8) is 0 Å². The summed E-state index contributed by atoms with van der Waals surface area (Å²) in [5.74, 6) is -3.55. The molecule has 0 saturated carbocycles. The summed E-state index contributed by atoms with van der Waals surface area (Å²) in [7, 11) is 0. The number of carbonyl (C=O) groups is 3. The van der Waals surface area contributed by atoms with E-state index >= 15 is 0 Å². The third kappa shape index (κ3) is 2.86. The molecule has 0 bridgehead atoms. The molecule has 24 heavy (non-hydrogen) atoms. The number of fused-ring (bicyclic) bond motifs is 1. The third-order valence-corrected chi connectivity index (χ3v) is 5.72. The maximum atomic E-state index is 12.2. The standard InChI is InChI=1S/C13H14ClN3O6S/c1-2-13(12(21)22)4-17-10(20)8(11(17)24-5-13)15-9(19)7(16-23)6(18)3-14/h2,8,11,18H,1,3-5H2,(H,15,19)(H,21,22)/t8?,11-,13?/m1/s1. The second-order valence-corrected chi connectivity index (χ2v) is 6.68. The van der Waals surface area contributed by atoms with Gasteiger partial charge in [0.25, 0.3) is 5.91 Å². The predicted octanol–water partition coefficient (Wildman–Crippen LogP) is 0.418. The molecule has 0 aromatic rings. The second kappa shape index (κ2) is 6.81. The van der Waals surface area contributed by atoms with Crippen molar-refractivity contribution in [1.29, 1.82) is 0 Å². The van der Waals surface area contributed by atoms with Crippen LogP contribution in [0.5, 0.6) is 0 Å². The highest BCUT2D eigenvalue weighted by Gasteiger charge is 2.56. The number of amides is 2. The number of nitrogens with zero attached hydrogens (tertiary/aromatic N) is 2. The van der Waals surface area contributed by atoms with Crippen molar-refractivity contribution < 1.29 is 24.6 Å². The van der Waals surface area contributed by atoms with E-state index in [4.69, 9.17) is 11.6 Å². The Labute approximate surface area is 145 Å².